The van der Waals surface area contributed by atoms with E-state index in [0.717, 1.165) is 56.5 Å². The zero-order valence-electron chi connectivity index (χ0n) is 19.2. The van der Waals surface area contributed by atoms with Crippen LogP contribution in [0.3, 0.4) is 0 Å². The molecule has 1 amide bonds. The first-order chi connectivity index (χ1) is 16.1. The number of likely N-dealkylation sites (tertiary alicyclic amines) is 1. The summed E-state index contributed by atoms with van der Waals surface area (Å²) < 4.78 is 5.76. The van der Waals surface area contributed by atoms with Gasteiger partial charge in [-0.3, -0.25) is 4.79 Å². The molecule has 178 valence electrons. The first-order valence-electron chi connectivity index (χ1n) is 12.3. The Hall–Kier alpha value is -2.08. The summed E-state index contributed by atoms with van der Waals surface area (Å²) in [5.41, 5.74) is 2.16. The predicted octanol–water partition coefficient (Wildman–Crippen LogP) is 5.08. The van der Waals surface area contributed by atoms with Crippen molar-refractivity contribution < 1.29 is 14.6 Å². The number of aliphatic hydroxyl groups excluding tert-OH is 1. The van der Waals surface area contributed by atoms with E-state index in [4.69, 9.17) is 16.3 Å². The van der Waals surface area contributed by atoms with Gasteiger partial charge in [-0.1, -0.05) is 42.3 Å². The van der Waals surface area contributed by atoms with Crippen LogP contribution < -0.4 is 10.1 Å². The molecule has 2 aromatic rings. The van der Waals surface area contributed by atoms with Crippen LogP contribution in [0.5, 0.6) is 5.75 Å². The molecular weight excluding hydrogens is 436 g/mol. The Bertz CT molecular complexity index is 898. The van der Waals surface area contributed by atoms with Gasteiger partial charge in [0.05, 0.1) is 6.10 Å². The molecule has 1 aliphatic carbocycles. The lowest BCUT2D eigenvalue weighted by Gasteiger charge is -2.31. The number of benzene rings is 2. The summed E-state index contributed by atoms with van der Waals surface area (Å²) in [6, 6.07) is 16.0. The fourth-order valence-electron chi connectivity index (χ4n) is 5.00. The first kappa shape index (κ1) is 24.1. The maximum Gasteiger partial charge on any atom is 0.260 e. The lowest BCUT2D eigenvalue weighted by molar-refractivity contribution is -0.134. The second-order valence-electron chi connectivity index (χ2n) is 9.34. The fraction of sp³-hybridized carbons (Fsp3) is 0.519. The summed E-state index contributed by atoms with van der Waals surface area (Å²) in [5.74, 6) is 1.32. The Labute approximate surface area is 202 Å². The van der Waals surface area contributed by atoms with Crippen molar-refractivity contribution >= 4 is 17.5 Å². The highest BCUT2D eigenvalue weighted by Gasteiger charge is 2.24. The molecule has 2 unspecified atom stereocenters. The molecule has 1 saturated heterocycles. The highest BCUT2D eigenvalue weighted by molar-refractivity contribution is 6.30. The third kappa shape index (κ3) is 6.95. The largest absolute Gasteiger partial charge is 0.484 e. The minimum absolute atomic E-state index is 0.0833. The van der Waals surface area contributed by atoms with Crippen molar-refractivity contribution in [3.63, 3.8) is 0 Å². The number of piperidine rings is 1. The average Bonchev–Trinajstić information content (AvgIpc) is 2.87. The predicted molar refractivity (Wildman–Crippen MR) is 132 cm³/mol. The summed E-state index contributed by atoms with van der Waals surface area (Å²) in [5, 5.41) is 14.7. The van der Waals surface area contributed by atoms with Crippen LogP contribution in [0.1, 0.15) is 68.1 Å². The molecule has 2 fully saturated rings. The van der Waals surface area contributed by atoms with E-state index in [2.05, 4.69) is 17.4 Å². The number of carbonyl (C=O) groups is 1. The molecule has 1 aliphatic heterocycles. The number of aliphatic hydroxyl groups is 1. The number of amides is 1. The van der Waals surface area contributed by atoms with Crippen LogP contribution in [0.4, 0.5) is 0 Å². The van der Waals surface area contributed by atoms with Gasteiger partial charge in [-0.25, -0.2) is 0 Å². The van der Waals surface area contributed by atoms with Crippen molar-refractivity contribution in [1.82, 2.24) is 10.2 Å². The lowest BCUT2D eigenvalue weighted by Crippen LogP contribution is -2.38. The third-order valence-electron chi connectivity index (χ3n) is 6.93. The van der Waals surface area contributed by atoms with Crippen molar-refractivity contribution in [2.24, 2.45) is 0 Å². The van der Waals surface area contributed by atoms with Gasteiger partial charge < -0.3 is 20.1 Å². The molecule has 33 heavy (non-hydrogen) atoms. The van der Waals surface area contributed by atoms with Crippen molar-refractivity contribution in [1.29, 1.82) is 0 Å². The fourth-order valence-corrected chi connectivity index (χ4v) is 5.20. The molecule has 1 heterocycles. The molecule has 2 aliphatic rings. The number of rotatable bonds is 8. The molecule has 6 heteroatoms. The van der Waals surface area contributed by atoms with Gasteiger partial charge in [0.25, 0.3) is 5.91 Å². The summed E-state index contributed by atoms with van der Waals surface area (Å²) in [4.78, 5) is 14.2. The van der Waals surface area contributed by atoms with E-state index < -0.39 is 6.10 Å². The van der Waals surface area contributed by atoms with Crippen LogP contribution in [0.15, 0.2) is 48.5 Å². The average molecular weight is 471 g/mol. The van der Waals surface area contributed by atoms with Crippen LogP contribution in [0, 0.1) is 0 Å². The van der Waals surface area contributed by atoms with Gasteiger partial charge in [-0.05, 0) is 79.8 Å². The molecule has 2 aromatic carbocycles. The van der Waals surface area contributed by atoms with E-state index >= 15 is 0 Å². The maximum absolute atomic E-state index is 12.3. The summed E-state index contributed by atoms with van der Waals surface area (Å²) in [6.07, 6.45) is 7.35. The van der Waals surface area contributed by atoms with Crippen LogP contribution in [-0.2, 0) is 4.79 Å². The minimum atomic E-state index is -0.562. The van der Waals surface area contributed by atoms with Crippen molar-refractivity contribution in [3.05, 3.63) is 64.7 Å². The van der Waals surface area contributed by atoms with E-state index in [0.29, 0.717) is 23.5 Å². The van der Waals surface area contributed by atoms with E-state index in [1.165, 1.54) is 18.4 Å². The molecule has 0 spiro atoms. The Morgan fingerprint density at radius 2 is 1.88 bits per heavy atom. The Morgan fingerprint density at radius 3 is 2.64 bits per heavy atom. The lowest BCUT2D eigenvalue weighted by atomic mass is 9.81. The Balaban J connectivity index is 1.24. The number of halogens is 1. The molecule has 2 N–H and O–H groups in total. The Kier molecular flexibility index (Phi) is 8.65. The van der Waals surface area contributed by atoms with E-state index in [9.17, 15) is 9.90 Å². The number of hydrogen-bond donors (Lipinski definition) is 2. The van der Waals surface area contributed by atoms with Crippen LogP contribution >= 0.6 is 11.6 Å². The van der Waals surface area contributed by atoms with E-state index in [-0.39, 0.29) is 12.5 Å². The van der Waals surface area contributed by atoms with Crippen LogP contribution in [0.25, 0.3) is 0 Å². The number of nitrogens with zero attached hydrogens (tertiary/aromatic N) is 1. The molecule has 0 aromatic heterocycles. The molecule has 5 nitrogen and oxygen atoms in total. The third-order valence-corrected chi connectivity index (χ3v) is 7.17. The quantitative estimate of drug-likeness (QED) is 0.564. The van der Waals surface area contributed by atoms with Crippen molar-refractivity contribution in [3.8, 4) is 5.75 Å². The first-order valence-corrected chi connectivity index (χ1v) is 12.6. The second kappa shape index (κ2) is 11.9. The van der Waals surface area contributed by atoms with Gasteiger partial charge in [-0.15, -0.1) is 0 Å². The van der Waals surface area contributed by atoms with Crippen LogP contribution in [-0.4, -0.2) is 48.2 Å². The molecule has 1 saturated carbocycles. The molecule has 0 bridgehead atoms. The summed E-state index contributed by atoms with van der Waals surface area (Å²) in [7, 11) is 0. The molecule has 4 rings (SSSR count). The zero-order chi connectivity index (χ0) is 23.0. The van der Waals surface area contributed by atoms with Gasteiger partial charge in [-0.2, -0.15) is 0 Å². The SMILES string of the molecule is O=C(COc1ccc(C2CCCC(NC[C@H](O)c3cccc(Cl)c3)C2)cc1)N1CCCCC1. The smallest absolute Gasteiger partial charge is 0.260 e. The number of carbonyl (C=O) groups excluding carboxylic acids is 1. The highest BCUT2D eigenvalue weighted by Crippen LogP contribution is 2.34. The second-order valence-corrected chi connectivity index (χ2v) is 9.78. The summed E-state index contributed by atoms with van der Waals surface area (Å²) >= 11 is 6.05. The minimum Gasteiger partial charge on any atom is -0.484 e. The number of hydrogen-bond acceptors (Lipinski definition) is 4. The maximum atomic E-state index is 12.3. The Morgan fingerprint density at radius 1 is 1.09 bits per heavy atom. The molecule has 3 atom stereocenters. The van der Waals surface area contributed by atoms with Crippen molar-refractivity contribution in [2.75, 3.05) is 26.2 Å². The van der Waals surface area contributed by atoms with Gasteiger partial charge in [0.15, 0.2) is 6.61 Å². The number of nitrogens with one attached hydrogen (secondary N) is 1. The highest BCUT2D eigenvalue weighted by atomic mass is 35.5. The van der Waals surface area contributed by atoms with Gasteiger partial charge in [0.2, 0.25) is 0 Å². The molecule has 0 radical (unpaired) electrons. The van der Waals surface area contributed by atoms with Gasteiger partial charge in [0, 0.05) is 30.7 Å². The van der Waals surface area contributed by atoms with Gasteiger partial charge >= 0.3 is 0 Å². The van der Waals surface area contributed by atoms with Gasteiger partial charge in [0.1, 0.15) is 5.75 Å². The normalized spacial score (nSPS) is 22.1. The summed E-state index contributed by atoms with van der Waals surface area (Å²) in [6.45, 7) is 2.35. The van der Waals surface area contributed by atoms with Crippen LogP contribution in [0.2, 0.25) is 5.02 Å². The standard InChI is InChI=1S/C27H35ClN2O3/c28-23-8-4-7-22(16-23)26(31)18-29-24-9-5-6-21(17-24)20-10-12-25(13-11-20)33-19-27(32)30-14-2-1-3-15-30/h4,7-8,10-13,16,21,24,26,29,31H,1-3,5-6,9,14-15,17-19H2/t21?,24?,26-/m0/s1. The van der Waals surface area contributed by atoms with Crippen molar-refractivity contribution in [2.45, 2.75) is 63.0 Å². The topological polar surface area (TPSA) is 61.8 Å². The molecular formula is C27H35ClN2O3. The zero-order valence-corrected chi connectivity index (χ0v) is 20.0. The van der Waals surface area contributed by atoms with E-state index in [1.807, 2.05) is 41.3 Å². The van der Waals surface area contributed by atoms with E-state index in [1.54, 1.807) is 0 Å². The monoisotopic (exact) mass is 470 g/mol. The number of ether oxygens (including phenoxy) is 1.